The van der Waals surface area contributed by atoms with Crippen LogP contribution in [-0.4, -0.2) is 18.7 Å². The van der Waals surface area contributed by atoms with Crippen molar-refractivity contribution in [2.45, 2.75) is 57.8 Å². The molecule has 2 aliphatic heterocycles. The van der Waals surface area contributed by atoms with E-state index in [1.165, 1.54) is 35.1 Å². The molecule has 1 unspecified atom stereocenters. The van der Waals surface area contributed by atoms with Gasteiger partial charge in [0.05, 0.1) is 0 Å². The van der Waals surface area contributed by atoms with Crippen molar-refractivity contribution in [2.75, 3.05) is 6.54 Å². The van der Waals surface area contributed by atoms with Gasteiger partial charge >= 0.3 is 0 Å². The number of ether oxygens (including phenoxy) is 1. The van der Waals surface area contributed by atoms with Crippen LogP contribution >= 0.6 is 12.4 Å². The number of nitrogens with one attached hydrogen (secondary N) is 2. The second-order valence-corrected chi connectivity index (χ2v) is 7.52. The minimum Gasteiger partial charge on any atom is -0.490 e. The van der Waals surface area contributed by atoms with Crippen molar-refractivity contribution in [3.8, 4) is 5.75 Å². The fourth-order valence-electron chi connectivity index (χ4n) is 4.28. The zero-order valence-electron chi connectivity index (χ0n) is 15.6. The van der Waals surface area contributed by atoms with Crippen LogP contribution in [0, 0.1) is 6.92 Å². The average molecular weight is 373 g/mol. The second-order valence-electron chi connectivity index (χ2n) is 7.52. The zero-order chi connectivity index (χ0) is 17.2. The van der Waals surface area contributed by atoms with Gasteiger partial charge in [-0.2, -0.15) is 0 Å². The van der Waals surface area contributed by atoms with Crippen molar-refractivity contribution in [1.29, 1.82) is 0 Å². The van der Waals surface area contributed by atoms with Gasteiger partial charge in [0.25, 0.3) is 0 Å². The molecule has 2 N–H and O–H groups in total. The van der Waals surface area contributed by atoms with Crippen LogP contribution in [0.3, 0.4) is 0 Å². The number of aryl methyl sites for hydroxylation is 1. The summed E-state index contributed by atoms with van der Waals surface area (Å²) < 4.78 is 6.09. The fraction of sp³-hybridized carbons (Fsp3) is 0.455. The van der Waals surface area contributed by atoms with Gasteiger partial charge in [-0.15, -0.1) is 12.4 Å². The van der Waals surface area contributed by atoms with Crippen LogP contribution < -0.4 is 15.4 Å². The highest BCUT2D eigenvalue weighted by atomic mass is 35.5. The lowest BCUT2D eigenvalue weighted by molar-refractivity contribution is 0.250. The summed E-state index contributed by atoms with van der Waals surface area (Å²) in [5, 5.41) is 7.51. The number of rotatable bonds is 4. The Balaban J connectivity index is 0.00000196. The third kappa shape index (κ3) is 4.06. The summed E-state index contributed by atoms with van der Waals surface area (Å²) in [6.45, 7) is 6.30. The summed E-state index contributed by atoms with van der Waals surface area (Å²) >= 11 is 0. The summed E-state index contributed by atoms with van der Waals surface area (Å²) in [6.07, 6.45) is 3.75. The van der Waals surface area contributed by atoms with Gasteiger partial charge in [-0.1, -0.05) is 48.0 Å². The van der Waals surface area contributed by atoms with Gasteiger partial charge in [-0.05, 0) is 44.4 Å². The molecule has 0 aliphatic carbocycles. The van der Waals surface area contributed by atoms with Gasteiger partial charge < -0.3 is 15.4 Å². The van der Waals surface area contributed by atoms with Gasteiger partial charge in [-0.3, -0.25) is 0 Å². The molecule has 0 bridgehead atoms. The quantitative estimate of drug-likeness (QED) is 0.838. The lowest BCUT2D eigenvalue weighted by Gasteiger charge is -2.34. The van der Waals surface area contributed by atoms with Crippen LogP contribution in [0.1, 0.15) is 48.1 Å². The molecule has 2 aromatic rings. The molecule has 3 nitrogen and oxygen atoms in total. The second kappa shape index (κ2) is 8.43. The number of halogens is 1. The highest BCUT2D eigenvalue weighted by Gasteiger charge is 2.27. The van der Waals surface area contributed by atoms with E-state index in [0.29, 0.717) is 18.2 Å². The molecule has 140 valence electrons. The van der Waals surface area contributed by atoms with Crippen molar-refractivity contribution in [2.24, 2.45) is 0 Å². The van der Waals surface area contributed by atoms with Gasteiger partial charge in [-0.25, -0.2) is 0 Å². The Labute approximate surface area is 162 Å². The van der Waals surface area contributed by atoms with Crippen molar-refractivity contribution >= 4 is 12.4 Å². The number of fused-ring (bicyclic) bond motifs is 1. The van der Waals surface area contributed by atoms with Crippen LogP contribution in [-0.2, 0) is 13.0 Å². The van der Waals surface area contributed by atoms with E-state index in [9.17, 15) is 0 Å². The molecular formula is C22H29ClN2O. The number of hydrogen-bond acceptors (Lipinski definition) is 3. The van der Waals surface area contributed by atoms with Crippen molar-refractivity contribution in [1.82, 2.24) is 10.6 Å². The summed E-state index contributed by atoms with van der Waals surface area (Å²) in [5.41, 5.74) is 5.37. The SMILES string of the molecule is Cc1cc(CN[C@H]2CCCN[C@H]2c2ccccc2)c2c(c1)CC(C)O2.Cl. The Bertz CT molecular complexity index is 734. The van der Waals surface area contributed by atoms with Gasteiger partial charge in [0.2, 0.25) is 0 Å². The van der Waals surface area contributed by atoms with Crippen LogP contribution in [0.4, 0.5) is 0 Å². The Kier molecular flexibility index (Phi) is 6.23. The highest BCUT2D eigenvalue weighted by molar-refractivity contribution is 5.85. The number of benzene rings is 2. The maximum atomic E-state index is 6.09. The van der Waals surface area contributed by atoms with Crippen molar-refractivity contribution in [3.63, 3.8) is 0 Å². The largest absolute Gasteiger partial charge is 0.490 e. The predicted octanol–water partition coefficient (Wildman–Crippen LogP) is 4.32. The smallest absolute Gasteiger partial charge is 0.127 e. The predicted molar refractivity (Wildman–Crippen MR) is 109 cm³/mol. The normalized spacial score (nSPS) is 24.5. The Morgan fingerprint density at radius 1 is 1.19 bits per heavy atom. The zero-order valence-corrected chi connectivity index (χ0v) is 16.4. The minimum atomic E-state index is 0. The monoisotopic (exact) mass is 372 g/mol. The molecule has 1 fully saturated rings. The maximum absolute atomic E-state index is 6.09. The first-order chi connectivity index (χ1) is 12.2. The molecule has 0 radical (unpaired) electrons. The molecule has 4 rings (SSSR count). The van der Waals surface area contributed by atoms with E-state index in [0.717, 1.165) is 25.3 Å². The molecular weight excluding hydrogens is 344 g/mol. The number of hydrogen-bond donors (Lipinski definition) is 2. The summed E-state index contributed by atoms with van der Waals surface area (Å²) in [7, 11) is 0. The van der Waals surface area contributed by atoms with E-state index >= 15 is 0 Å². The van der Waals surface area contributed by atoms with Gasteiger partial charge in [0.1, 0.15) is 11.9 Å². The molecule has 0 amide bonds. The first kappa shape index (κ1) is 19.2. The number of piperidine rings is 1. The Hall–Kier alpha value is -1.55. The third-order valence-electron chi connectivity index (χ3n) is 5.39. The molecule has 0 saturated carbocycles. The summed E-state index contributed by atoms with van der Waals surface area (Å²) in [6, 6.07) is 16.2. The third-order valence-corrected chi connectivity index (χ3v) is 5.39. The standard InChI is InChI=1S/C22H28N2O.ClH/c1-15-11-18-13-16(2)25-22(18)19(12-15)14-24-20-9-6-10-23-21(20)17-7-4-3-5-8-17;/h3-5,7-8,11-12,16,20-21,23-24H,6,9-10,13-14H2,1-2H3;1H/t16?,20-,21-;/m0./s1. The van der Waals surface area contributed by atoms with E-state index in [1.807, 2.05) is 0 Å². The highest BCUT2D eigenvalue weighted by Crippen LogP contribution is 2.34. The summed E-state index contributed by atoms with van der Waals surface area (Å²) in [5.74, 6) is 1.12. The van der Waals surface area contributed by atoms with Crippen molar-refractivity contribution < 1.29 is 4.74 Å². The lowest BCUT2D eigenvalue weighted by Crippen LogP contribution is -2.45. The topological polar surface area (TPSA) is 33.3 Å². The van der Waals surface area contributed by atoms with Crippen LogP contribution in [0.15, 0.2) is 42.5 Å². The average Bonchev–Trinajstić information content (AvgIpc) is 3.00. The molecule has 0 aromatic heterocycles. The van der Waals surface area contributed by atoms with E-state index in [-0.39, 0.29) is 12.4 Å². The molecule has 1 saturated heterocycles. The first-order valence-corrected chi connectivity index (χ1v) is 9.51. The molecule has 26 heavy (non-hydrogen) atoms. The van der Waals surface area contributed by atoms with Crippen LogP contribution in [0.2, 0.25) is 0 Å². The lowest BCUT2D eigenvalue weighted by atomic mass is 9.92. The van der Waals surface area contributed by atoms with E-state index < -0.39 is 0 Å². The molecule has 4 heteroatoms. The molecule has 2 aromatic carbocycles. The van der Waals surface area contributed by atoms with Crippen molar-refractivity contribution in [3.05, 3.63) is 64.7 Å². The van der Waals surface area contributed by atoms with Gasteiger partial charge in [0.15, 0.2) is 0 Å². The fourth-order valence-corrected chi connectivity index (χ4v) is 4.28. The van der Waals surface area contributed by atoms with E-state index in [1.54, 1.807) is 0 Å². The molecule has 2 aliphatic rings. The summed E-state index contributed by atoms with van der Waals surface area (Å²) in [4.78, 5) is 0. The Morgan fingerprint density at radius 2 is 2.00 bits per heavy atom. The molecule has 0 spiro atoms. The van der Waals surface area contributed by atoms with Crippen LogP contribution in [0.25, 0.3) is 0 Å². The van der Waals surface area contributed by atoms with Crippen LogP contribution in [0.5, 0.6) is 5.75 Å². The van der Waals surface area contributed by atoms with Gasteiger partial charge in [0, 0.05) is 30.6 Å². The van der Waals surface area contributed by atoms with E-state index in [4.69, 9.17) is 4.74 Å². The molecule has 3 atom stereocenters. The Morgan fingerprint density at radius 3 is 2.81 bits per heavy atom. The first-order valence-electron chi connectivity index (χ1n) is 9.51. The molecule has 2 heterocycles. The van der Waals surface area contributed by atoms with E-state index in [2.05, 4.69) is 66.9 Å². The minimum absolute atomic E-state index is 0. The maximum Gasteiger partial charge on any atom is 0.127 e.